The fourth-order valence-corrected chi connectivity index (χ4v) is 2.28. The van der Waals surface area contributed by atoms with Crippen LogP contribution in [0.4, 0.5) is 17.2 Å². The molecule has 1 aliphatic rings. The Labute approximate surface area is 112 Å². The van der Waals surface area contributed by atoms with Gasteiger partial charge in [0.15, 0.2) is 0 Å². The lowest BCUT2D eigenvalue weighted by molar-refractivity contribution is 0.413. The molecule has 4 heteroatoms. The van der Waals surface area contributed by atoms with E-state index in [4.69, 9.17) is 4.74 Å². The Bertz CT molecular complexity index is 566. The molecule has 0 fully saturated rings. The van der Waals surface area contributed by atoms with E-state index in [0.29, 0.717) is 0 Å². The molecule has 98 valence electrons. The molecule has 0 aliphatic carbocycles. The summed E-state index contributed by atoms with van der Waals surface area (Å²) in [6.45, 7) is 1.07. The molecule has 0 radical (unpaired) electrons. The average Bonchev–Trinajstić information content (AvgIpc) is 2.48. The SMILES string of the molecule is COc1ccc(Nc2ccc3c(c2)CCCN3)nc1. The van der Waals surface area contributed by atoms with Gasteiger partial charge in [-0.15, -0.1) is 0 Å². The first-order valence-corrected chi connectivity index (χ1v) is 6.49. The molecular weight excluding hydrogens is 238 g/mol. The second-order valence-electron chi connectivity index (χ2n) is 4.61. The minimum Gasteiger partial charge on any atom is -0.495 e. The van der Waals surface area contributed by atoms with Crippen molar-refractivity contribution in [1.82, 2.24) is 4.98 Å². The summed E-state index contributed by atoms with van der Waals surface area (Å²) in [7, 11) is 1.64. The molecule has 3 rings (SSSR count). The Balaban J connectivity index is 1.78. The lowest BCUT2D eigenvalue weighted by atomic mass is 10.0. The Morgan fingerprint density at radius 3 is 3.00 bits per heavy atom. The molecule has 0 saturated heterocycles. The zero-order chi connectivity index (χ0) is 13.1. The normalized spacial score (nSPS) is 13.3. The van der Waals surface area contributed by atoms with Crippen molar-refractivity contribution in [2.75, 3.05) is 24.3 Å². The predicted molar refractivity (Wildman–Crippen MR) is 77.3 cm³/mol. The third kappa shape index (κ3) is 2.62. The van der Waals surface area contributed by atoms with Gasteiger partial charge in [0, 0.05) is 17.9 Å². The third-order valence-corrected chi connectivity index (χ3v) is 3.29. The summed E-state index contributed by atoms with van der Waals surface area (Å²) < 4.78 is 5.10. The molecule has 0 spiro atoms. The Morgan fingerprint density at radius 2 is 2.21 bits per heavy atom. The maximum atomic E-state index is 5.10. The summed E-state index contributed by atoms with van der Waals surface area (Å²) in [4.78, 5) is 4.31. The monoisotopic (exact) mass is 255 g/mol. The molecule has 0 bridgehead atoms. The number of fused-ring (bicyclic) bond motifs is 1. The quantitative estimate of drug-likeness (QED) is 0.884. The molecule has 2 aromatic rings. The number of aromatic nitrogens is 1. The van der Waals surface area contributed by atoms with E-state index in [-0.39, 0.29) is 0 Å². The Morgan fingerprint density at radius 1 is 1.26 bits per heavy atom. The summed E-state index contributed by atoms with van der Waals surface area (Å²) in [5, 5.41) is 6.72. The molecule has 4 nitrogen and oxygen atoms in total. The van der Waals surface area contributed by atoms with Crippen LogP contribution in [0.5, 0.6) is 5.75 Å². The highest BCUT2D eigenvalue weighted by atomic mass is 16.5. The average molecular weight is 255 g/mol. The van der Waals surface area contributed by atoms with Gasteiger partial charge >= 0.3 is 0 Å². The van der Waals surface area contributed by atoms with Crippen molar-refractivity contribution < 1.29 is 4.74 Å². The van der Waals surface area contributed by atoms with Crippen LogP contribution in [0.1, 0.15) is 12.0 Å². The molecule has 19 heavy (non-hydrogen) atoms. The number of nitrogens with zero attached hydrogens (tertiary/aromatic N) is 1. The van der Waals surface area contributed by atoms with E-state index in [2.05, 4.69) is 33.8 Å². The first kappa shape index (κ1) is 11.8. The lowest BCUT2D eigenvalue weighted by Crippen LogP contribution is -2.11. The second kappa shape index (κ2) is 5.18. The maximum Gasteiger partial charge on any atom is 0.137 e. The third-order valence-electron chi connectivity index (χ3n) is 3.29. The van der Waals surface area contributed by atoms with Crippen LogP contribution in [0.2, 0.25) is 0 Å². The van der Waals surface area contributed by atoms with Gasteiger partial charge in [-0.05, 0) is 48.7 Å². The van der Waals surface area contributed by atoms with Gasteiger partial charge in [-0.2, -0.15) is 0 Å². The van der Waals surface area contributed by atoms with Crippen LogP contribution >= 0.6 is 0 Å². The van der Waals surface area contributed by atoms with Gasteiger partial charge in [0.25, 0.3) is 0 Å². The van der Waals surface area contributed by atoms with Crippen LogP contribution in [-0.4, -0.2) is 18.6 Å². The molecule has 1 aromatic carbocycles. The summed E-state index contributed by atoms with van der Waals surface area (Å²) in [5.41, 5.74) is 3.68. The van der Waals surface area contributed by atoms with Gasteiger partial charge in [0.05, 0.1) is 13.3 Å². The summed E-state index contributed by atoms with van der Waals surface area (Å²) >= 11 is 0. The number of pyridine rings is 1. The number of aryl methyl sites for hydroxylation is 1. The number of nitrogens with one attached hydrogen (secondary N) is 2. The number of benzene rings is 1. The number of methoxy groups -OCH3 is 1. The zero-order valence-electron chi connectivity index (χ0n) is 10.9. The molecule has 0 atom stereocenters. The minimum atomic E-state index is 0.764. The Hall–Kier alpha value is -2.23. The van der Waals surface area contributed by atoms with Gasteiger partial charge < -0.3 is 15.4 Å². The van der Waals surface area contributed by atoms with Crippen molar-refractivity contribution in [3.63, 3.8) is 0 Å². The molecular formula is C15H17N3O. The van der Waals surface area contributed by atoms with E-state index in [1.807, 2.05) is 12.1 Å². The first-order valence-electron chi connectivity index (χ1n) is 6.49. The van der Waals surface area contributed by atoms with Crippen LogP contribution in [-0.2, 0) is 6.42 Å². The number of hydrogen-bond donors (Lipinski definition) is 2. The highest BCUT2D eigenvalue weighted by molar-refractivity contribution is 5.64. The zero-order valence-corrected chi connectivity index (χ0v) is 10.9. The second-order valence-corrected chi connectivity index (χ2v) is 4.61. The highest BCUT2D eigenvalue weighted by Gasteiger charge is 2.08. The summed E-state index contributed by atoms with van der Waals surface area (Å²) in [5.74, 6) is 1.59. The predicted octanol–water partition coefficient (Wildman–Crippen LogP) is 3.19. The van der Waals surface area contributed by atoms with Gasteiger partial charge in [0.2, 0.25) is 0 Å². The number of anilines is 3. The van der Waals surface area contributed by atoms with Gasteiger partial charge in [0.1, 0.15) is 11.6 Å². The molecule has 0 amide bonds. The summed E-state index contributed by atoms with van der Waals surface area (Å²) in [6.07, 6.45) is 4.04. The molecule has 1 aliphatic heterocycles. The molecule has 1 aromatic heterocycles. The van der Waals surface area contributed by atoms with Crippen molar-refractivity contribution in [1.29, 1.82) is 0 Å². The van der Waals surface area contributed by atoms with Crippen molar-refractivity contribution in [3.05, 3.63) is 42.1 Å². The van der Waals surface area contributed by atoms with Gasteiger partial charge in [-0.3, -0.25) is 0 Å². The van der Waals surface area contributed by atoms with E-state index in [1.54, 1.807) is 13.3 Å². The largest absolute Gasteiger partial charge is 0.495 e. The van der Waals surface area contributed by atoms with E-state index < -0.39 is 0 Å². The van der Waals surface area contributed by atoms with Crippen LogP contribution in [0.3, 0.4) is 0 Å². The van der Waals surface area contributed by atoms with Gasteiger partial charge in [-0.1, -0.05) is 0 Å². The van der Waals surface area contributed by atoms with Crippen molar-refractivity contribution in [2.24, 2.45) is 0 Å². The van der Waals surface area contributed by atoms with Gasteiger partial charge in [-0.25, -0.2) is 4.98 Å². The van der Waals surface area contributed by atoms with Crippen molar-refractivity contribution in [2.45, 2.75) is 12.8 Å². The molecule has 0 unspecified atom stereocenters. The van der Waals surface area contributed by atoms with Crippen LogP contribution in [0, 0.1) is 0 Å². The van der Waals surface area contributed by atoms with Crippen molar-refractivity contribution in [3.8, 4) is 5.75 Å². The first-order chi connectivity index (χ1) is 9.35. The number of ether oxygens (including phenoxy) is 1. The molecule has 2 N–H and O–H groups in total. The fraction of sp³-hybridized carbons (Fsp3) is 0.267. The Kier molecular flexibility index (Phi) is 3.23. The standard InChI is InChI=1S/C15H17N3O/c1-19-13-5-7-15(17-10-13)18-12-4-6-14-11(9-12)3-2-8-16-14/h4-7,9-10,16H,2-3,8H2,1H3,(H,17,18). The number of hydrogen-bond acceptors (Lipinski definition) is 4. The van der Waals surface area contributed by atoms with E-state index in [1.165, 1.54) is 17.7 Å². The smallest absolute Gasteiger partial charge is 0.137 e. The highest BCUT2D eigenvalue weighted by Crippen LogP contribution is 2.26. The number of rotatable bonds is 3. The van der Waals surface area contributed by atoms with Crippen LogP contribution in [0.15, 0.2) is 36.5 Å². The van der Waals surface area contributed by atoms with E-state index in [0.717, 1.165) is 30.2 Å². The topological polar surface area (TPSA) is 46.2 Å². The summed E-state index contributed by atoms with van der Waals surface area (Å²) in [6, 6.07) is 10.2. The maximum absolute atomic E-state index is 5.10. The van der Waals surface area contributed by atoms with Crippen LogP contribution in [0.25, 0.3) is 0 Å². The van der Waals surface area contributed by atoms with E-state index in [9.17, 15) is 0 Å². The fourth-order valence-electron chi connectivity index (χ4n) is 2.28. The van der Waals surface area contributed by atoms with Crippen molar-refractivity contribution >= 4 is 17.2 Å². The molecule has 2 heterocycles. The minimum absolute atomic E-state index is 0.764. The van der Waals surface area contributed by atoms with Crippen LogP contribution < -0.4 is 15.4 Å². The lowest BCUT2D eigenvalue weighted by Gasteiger charge is -2.19. The van der Waals surface area contributed by atoms with E-state index >= 15 is 0 Å². The molecule has 0 saturated carbocycles.